The minimum Gasteiger partial charge on any atom is -0.264 e. The second-order valence-electron chi connectivity index (χ2n) is 5.81. The highest BCUT2D eigenvalue weighted by atomic mass is 15.4. The third-order valence-electron chi connectivity index (χ3n) is 3.96. The van der Waals surface area contributed by atoms with Crippen LogP contribution in [-0.4, -0.2) is 35.9 Å². The molecule has 4 aromatic rings. The van der Waals surface area contributed by atoms with Gasteiger partial charge < -0.3 is 0 Å². The lowest BCUT2D eigenvalue weighted by Gasteiger charge is -2.00. The quantitative estimate of drug-likeness (QED) is 0.534. The number of aromatic nitrogens is 6. The van der Waals surface area contributed by atoms with Crippen molar-refractivity contribution in [2.24, 2.45) is 5.10 Å². The Balaban J connectivity index is 1.81. The molecule has 0 fully saturated rings. The van der Waals surface area contributed by atoms with Gasteiger partial charge in [0.2, 0.25) is 0 Å². The summed E-state index contributed by atoms with van der Waals surface area (Å²) in [5, 5.41) is 17.3. The fraction of sp³-hybridized carbons (Fsp3) is 0.105. The van der Waals surface area contributed by atoms with E-state index in [9.17, 15) is 0 Å². The largest absolute Gasteiger partial charge is 0.264 e. The zero-order chi connectivity index (χ0) is 17.9. The average molecular weight is 343 g/mol. The van der Waals surface area contributed by atoms with Gasteiger partial charge in [-0.1, -0.05) is 18.2 Å². The lowest BCUT2D eigenvalue weighted by atomic mass is 10.1. The first-order valence-corrected chi connectivity index (χ1v) is 8.21. The van der Waals surface area contributed by atoms with Crippen molar-refractivity contribution in [3.8, 4) is 16.9 Å². The SMILES string of the molecule is Cc1nnc(C)n1N=Cc1cn(-c2ccccc2)nc1-c1cccnc1. The number of benzene rings is 1. The summed E-state index contributed by atoms with van der Waals surface area (Å²) < 4.78 is 3.54. The maximum atomic E-state index is 4.74. The highest BCUT2D eigenvalue weighted by Gasteiger charge is 2.11. The van der Waals surface area contributed by atoms with Gasteiger partial charge in [0.05, 0.1) is 11.9 Å². The summed E-state index contributed by atoms with van der Waals surface area (Å²) in [5.41, 5.74) is 3.61. The van der Waals surface area contributed by atoms with Crippen molar-refractivity contribution in [2.45, 2.75) is 13.8 Å². The summed E-state index contributed by atoms with van der Waals surface area (Å²) in [6.07, 6.45) is 7.27. The molecule has 0 radical (unpaired) electrons. The Morgan fingerprint density at radius 1 is 0.962 bits per heavy atom. The molecule has 0 saturated carbocycles. The van der Waals surface area contributed by atoms with Crippen molar-refractivity contribution < 1.29 is 0 Å². The van der Waals surface area contributed by atoms with Gasteiger partial charge in [0, 0.05) is 29.7 Å². The Morgan fingerprint density at radius 2 is 1.73 bits per heavy atom. The molecule has 1 aromatic carbocycles. The van der Waals surface area contributed by atoms with Crippen LogP contribution in [0.25, 0.3) is 16.9 Å². The maximum Gasteiger partial charge on any atom is 0.151 e. The van der Waals surface area contributed by atoms with Crippen LogP contribution < -0.4 is 0 Å². The number of hydrogen-bond donors (Lipinski definition) is 0. The number of rotatable bonds is 4. The molecule has 3 aromatic heterocycles. The minimum absolute atomic E-state index is 0.733. The second kappa shape index (κ2) is 6.72. The van der Waals surface area contributed by atoms with E-state index in [-0.39, 0.29) is 0 Å². The molecule has 26 heavy (non-hydrogen) atoms. The maximum absolute atomic E-state index is 4.74. The predicted molar refractivity (Wildman–Crippen MR) is 99.3 cm³/mol. The van der Waals surface area contributed by atoms with Crippen molar-refractivity contribution in [3.05, 3.63) is 78.3 Å². The van der Waals surface area contributed by atoms with Gasteiger partial charge in [-0.3, -0.25) is 4.98 Å². The van der Waals surface area contributed by atoms with E-state index in [0.717, 1.165) is 34.2 Å². The number of hydrogen-bond acceptors (Lipinski definition) is 5. The lowest BCUT2D eigenvalue weighted by Crippen LogP contribution is -1.96. The van der Waals surface area contributed by atoms with Gasteiger partial charge in [-0.05, 0) is 38.1 Å². The van der Waals surface area contributed by atoms with E-state index < -0.39 is 0 Å². The van der Waals surface area contributed by atoms with E-state index >= 15 is 0 Å². The highest BCUT2D eigenvalue weighted by Crippen LogP contribution is 2.22. The van der Waals surface area contributed by atoms with Crippen LogP contribution in [0.5, 0.6) is 0 Å². The van der Waals surface area contributed by atoms with Crippen molar-refractivity contribution >= 4 is 6.21 Å². The molecule has 7 heteroatoms. The van der Waals surface area contributed by atoms with Crippen LogP contribution in [0, 0.1) is 13.8 Å². The molecule has 0 aliphatic rings. The Labute approximate surface area is 150 Å². The molecule has 0 amide bonds. The van der Waals surface area contributed by atoms with Gasteiger partial charge in [-0.15, -0.1) is 10.2 Å². The lowest BCUT2D eigenvalue weighted by molar-refractivity contribution is 0.799. The smallest absolute Gasteiger partial charge is 0.151 e. The average Bonchev–Trinajstić information content (AvgIpc) is 3.25. The molecule has 4 rings (SSSR count). The molecule has 0 spiro atoms. The minimum atomic E-state index is 0.733. The van der Waals surface area contributed by atoms with Crippen LogP contribution in [0.2, 0.25) is 0 Å². The summed E-state index contributed by atoms with van der Waals surface area (Å²) in [4.78, 5) is 4.20. The highest BCUT2D eigenvalue weighted by molar-refractivity contribution is 5.88. The molecule has 0 unspecified atom stereocenters. The first-order chi connectivity index (χ1) is 12.7. The summed E-state index contributed by atoms with van der Waals surface area (Å²) in [6, 6.07) is 13.8. The third-order valence-corrected chi connectivity index (χ3v) is 3.96. The van der Waals surface area contributed by atoms with E-state index in [0.29, 0.717) is 0 Å². The number of para-hydroxylation sites is 1. The van der Waals surface area contributed by atoms with Gasteiger partial charge in [0.1, 0.15) is 5.69 Å². The van der Waals surface area contributed by atoms with Crippen LogP contribution in [0.15, 0.2) is 66.2 Å². The number of pyridine rings is 1. The molecule has 0 aliphatic carbocycles. The number of aryl methyl sites for hydroxylation is 2. The first-order valence-electron chi connectivity index (χ1n) is 8.21. The zero-order valence-corrected chi connectivity index (χ0v) is 14.5. The molecular formula is C19H17N7. The van der Waals surface area contributed by atoms with Crippen molar-refractivity contribution in [3.63, 3.8) is 0 Å². The van der Waals surface area contributed by atoms with E-state index in [4.69, 9.17) is 5.10 Å². The zero-order valence-electron chi connectivity index (χ0n) is 14.5. The molecule has 0 aliphatic heterocycles. The first kappa shape index (κ1) is 15.9. The van der Waals surface area contributed by atoms with Crippen LogP contribution >= 0.6 is 0 Å². The normalized spacial score (nSPS) is 11.3. The predicted octanol–water partition coefficient (Wildman–Crippen LogP) is 3.02. The van der Waals surface area contributed by atoms with Gasteiger partial charge in [-0.2, -0.15) is 10.2 Å². The molecule has 7 nitrogen and oxygen atoms in total. The Morgan fingerprint density at radius 3 is 2.42 bits per heavy atom. The van der Waals surface area contributed by atoms with Gasteiger partial charge in [0.25, 0.3) is 0 Å². The van der Waals surface area contributed by atoms with Crippen LogP contribution in [0.3, 0.4) is 0 Å². The Bertz CT molecular complexity index is 1030. The standard InChI is InChI=1S/C19H17N7/c1-14-22-23-15(2)26(14)21-12-17-13-25(18-8-4-3-5-9-18)24-19(17)16-7-6-10-20-11-16/h3-13H,1-2H3. The van der Waals surface area contributed by atoms with Gasteiger partial charge in [-0.25, -0.2) is 9.36 Å². The molecule has 0 saturated heterocycles. The Kier molecular flexibility index (Phi) is 4.10. The summed E-state index contributed by atoms with van der Waals surface area (Å²) in [5.74, 6) is 1.47. The van der Waals surface area contributed by atoms with Crippen LogP contribution in [-0.2, 0) is 0 Å². The summed E-state index contributed by atoms with van der Waals surface area (Å²) in [6.45, 7) is 3.74. The third kappa shape index (κ3) is 3.02. The van der Waals surface area contributed by atoms with E-state index in [1.165, 1.54) is 0 Å². The summed E-state index contributed by atoms with van der Waals surface area (Å²) >= 11 is 0. The van der Waals surface area contributed by atoms with Crippen LogP contribution in [0.4, 0.5) is 0 Å². The molecule has 128 valence electrons. The second-order valence-corrected chi connectivity index (χ2v) is 5.81. The van der Waals surface area contributed by atoms with Crippen molar-refractivity contribution in [1.29, 1.82) is 0 Å². The molecule has 0 atom stereocenters. The molecule has 0 N–H and O–H groups in total. The topological polar surface area (TPSA) is 73.8 Å². The van der Waals surface area contributed by atoms with Crippen molar-refractivity contribution in [1.82, 2.24) is 29.6 Å². The van der Waals surface area contributed by atoms with E-state index in [2.05, 4.69) is 20.3 Å². The van der Waals surface area contributed by atoms with Gasteiger partial charge >= 0.3 is 0 Å². The van der Waals surface area contributed by atoms with E-state index in [1.807, 2.05) is 67.2 Å². The van der Waals surface area contributed by atoms with Crippen LogP contribution in [0.1, 0.15) is 17.2 Å². The Hall–Kier alpha value is -3.61. The van der Waals surface area contributed by atoms with Gasteiger partial charge in [0.15, 0.2) is 11.6 Å². The summed E-state index contributed by atoms with van der Waals surface area (Å²) in [7, 11) is 0. The van der Waals surface area contributed by atoms with Crippen molar-refractivity contribution in [2.75, 3.05) is 0 Å². The fourth-order valence-corrected chi connectivity index (χ4v) is 2.67. The molecule has 0 bridgehead atoms. The molecule has 3 heterocycles. The molecular weight excluding hydrogens is 326 g/mol. The fourth-order valence-electron chi connectivity index (χ4n) is 2.67. The monoisotopic (exact) mass is 343 g/mol. The number of nitrogens with zero attached hydrogens (tertiary/aromatic N) is 7. The van der Waals surface area contributed by atoms with E-state index in [1.54, 1.807) is 23.3 Å².